The molecule has 1 amide bonds. The second-order valence-electron chi connectivity index (χ2n) is 9.35. The number of hydrogen-bond donors (Lipinski definition) is 2. The number of hydrogen-bond acceptors (Lipinski definition) is 5. The average Bonchev–Trinajstić information content (AvgIpc) is 2.96. The number of aliphatic imine (C=N–C) groups is 1. The molecule has 1 fully saturated rings. The van der Waals surface area contributed by atoms with E-state index < -0.39 is 0 Å². The highest BCUT2D eigenvalue weighted by Crippen LogP contribution is 2.40. The van der Waals surface area contributed by atoms with Gasteiger partial charge in [0, 0.05) is 42.4 Å². The molecule has 1 heterocycles. The van der Waals surface area contributed by atoms with Crippen LogP contribution >= 0.6 is 0 Å². The number of guanidine groups is 1. The van der Waals surface area contributed by atoms with Crippen LogP contribution in [0, 0.1) is 11.5 Å². The molecule has 1 saturated carbocycles. The Morgan fingerprint density at radius 1 is 1.14 bits per heavy atom. The van der Waals surface area contributed by atoms with Crippen LogP contribution in [0.3, 0.4) is 0 Å². The first kappa shape index (κ1) is 25.7. The predicted molar refractivity (Wildman–Crippen MR) is 144 cm³/mol. The minimum atomic E-state index is -0.212. The fourth-order valence-electron chi connectivity index (χ4n) is 5.24. The standard InChI is InChI=1S/C29H32N6O2/c1-35(28(31)34-20-30)22-14-16-29(17-15-22,21-9-4-3-5-10-21)19-33-26(36)24-12-7-6-11-23(24)25-13-8-18-32-27(25)37-2/h3-13,18,22H,14-17,19H2,1-2H3,(H2,31,34)(H,33,36). The van der Waals surface area contributed by atoms with E-state index in [2.05, 4.69) is 27.4 Å². The first-order valence-electron chi connectivity index (χ1n) is 12.4. The van der Waals surface area contributed by atoms with E-state index >= 15 is 0 Å². The van der Waals surface area contributed by atoms with E-state index in [0.29, 0.717) is 18.0 Å². The van der Waals surface area contributed by atoms with E-state index in [9.17, 15) is 4.79 Å². The number of pyridine rings is 1. The number of nitriles is 1. The van der Waals surface area contributed by atoms with Gasteiger partial charge in [0.25, 0.3) is 5.91 Å². The summed E-state index contributed by atoms with van der Waals surface area (Å²) in [5, 5.41) is 12.1. The SMILES string of the molecule is COc1ncccc1-c1ccccc1C(=O)NCC1(c2ccccc2)CCC(N(C)C(N)=NC#N)CC1. The lowest BCUT2D eigenvalue weighted by molar-refractivity contribution is 0.0931. The smallest absolute Gasteiger partial charge is 0.251 e. The molecule has 1 aromatic heterocycles. The van der Waals surface area contributed by atoms with Crippen LogP contribution in [0.2, 0.25) is 0 Å². The Bertz CT molecular complexity index is 1290. The maximum Gasteiger partial charge on any atom is 0.251 e. The molecule has 4 rings (SSSR count). The number of benzene rings is 2. The Labute approximate surface area is 217 Å². The second kappa shape index (κ2) is 11.6. The summed E-state index contributed by atoms with van der Waals surface area (Å²) in [5.41, 5.74) is 9.08. The zero-order chi connectivity index (χ0) is 26.3. The topological polar surface area (TPSA) is 117 Å². The van der Waals surface area contributed by atoms with Crippen molar-refractivity contribution in [2.75, 3.05) is 20.7 Å². The molecular weight excluding hydrogens is 464 g/mol. The zero-order valence-electron chi connectivity index (χ0n) is 21.2. The number of aromatic nitrogens is 1. The predicted octanol–water partition coefficient (Wildman–Crippen LogP) is 4.10. The van der Waals surface area contributed by atoms with Crippen molar-refractivity contribution in [2.24, 2.45) is 10.7 Å². The molecule has 1 aliphatic carbocycles. The molecule has 0 atom stereocenters. The van der Waals surface area contributed by atoms with Gasteiger partial charge in [0.1, 0.15) is 0 Å². The molecule has 8 heteroatoms. The number of nitrogens with zero attached hydrogens (tertiary/aromatic N) is 4. The van der Waals surface area contributed by atoms with Crippen LogP contribution < -0.4 is 15.8 Å². The lowest BCUT2D eigenvalue weighted by Crippen LogP contribution is -2.49. The lowest BCUT2D eigenvalue weighted by Gasteiger charge is -2.43. The van der Waals surface area contributed by atoms with E-state index in [0.717, 1.165) is 36.8 Å². The van der Waals surface area contributed by atoms with Gasteiger partial charge in [-0.25, -0.2) is 4.98 Å². The van der Waals surface area contributed by atoms with Crippen molar-refractivity contribution in [3.8, 4) is 23.2 Å². The van der Waals surface area contributed by atoms with Crippen molar-refractivity contribution in [2.45, 2.75) is 37.1 Å². The van der Waals surface area contributed by atoms with Gasteiger partial charge in [0.15, 0.2) is 0 Å². The van der Waals surface area contributed by atoms with Crippen molar-refractivity contribution in [3.05, 3.63) is 84.1 Å². The van der Waals surface area contributed by atoms with Crippen LogP contribution in [0.4, 0.5) is 0 Å². The number of nitrogens with one attached hydrogen (secondary N) is 1. The van der Waals surface area contributed by atoms with Gasteiger partial charge in [-0.1, -0.05) is 48.5 Å². The number of nitrogens with two attached hydrogens (primary N) is 1. The highest BCUT2D eigenvalue weighted by Gasteiger charge is 2.38. The van der Waals surface area contributed by atoms with Crippen LogP contribution in [-0.2, 0) is 5.41 Å². The summed E-state index contributed by atoms with van der Waals surface area (Å²) in [6, 6.07) is 21.8. The van der Waals surface area contributed by atoms with Crippen LogP contribution in [0.25, 0.3) is 11.1 Å². The maximum absolute atomic E-state index is 13.5. The Morgan fingerprint density at radius 3 is 2.51 bits per heavy atom. The third-order valence-corrected chi connectivity index (χ3v) is 7.39. The van der Waals surface area contributed by atoms with Crippen LogP contribution in [-0.4, -0.2) is 48.5 Å². The Morgan fingerprint density at radius 2 is 1.81 bits per heavy atom. The number of carbonyl (C=O) groups excluding carboxylic acids is 1. The minimum Gasteiger partial charge on any atom is -0.481 e. The van der Waals surface area contributed by atoms with Crippen LogP contribution in [0.1, 0.15) is 41.6 Å². The fourth-order valence-corrected chi connectivity index (χ4v) is 5.24. The van der Waals surface area contributed by atoms with Gasteiger partial charge in [0.05, 0.1) is 7.11 Å². The third-order valence-electron chi connectivity index (χ3n) is 7.39. The molecule has 0 saturated heterocycles. The van der Waals surface area contributed by atoms with Crippen molar-refractivity contribution in [3.63, 3.8) is 0 Å². The summed E-state index contributed by atoms with van der Waals surface area (Å²) in [5.74, 6) is 0.571. The first-order chi connectivity index (χ1) is 18.0. The molecule has 0 radical (unpaired) electrons. The van der Waals surface area contributed by atoms with E-state index in [1.54, 1.807) is 19.5 Å². The van der Waals surface area contributed by atoms with Crippen molar-refractivity contribution >= 4 is 11.9 Å². The number of ether oxygens (including phenoxy) is 1. The summed E-state index contributed by atoms with van der Waals surface area (Å²) in [4.78, 5) is 23.4. The van der Waals surface area contributed by atoms with Crippen LogP contribution in [0.5, 0.6) is 5.88 Å². The van der Waals surface area contributed by atoms with E-state index in [-0.39, 0.29) is 23.3 Å². The minimum absolute atomic E-state index is 0.138. The number of rotatable bonds is 7. The highest BCUT2D eigenvalue weighted by molar-refractivity contribution is 6.01. The second-order valence-corrected chi connectivity index (χ2v) is 9.35. The molecular formula is C29H32N6O2. The molecule has 1 aliphatic rings. The molecule has 190 valence electrons. The monoisotopic (exact) mass is 496 g/mol. The van der Waals surface area contributed by atoms with Gasteiger partial charge < -0.3 is 20.7 Å². The summed E-state index contributed by atoms with van der Waals surface area (Å²) >= 11 is 0. The molecule has 3 aromatic rings. The van der Waals surface area contributed by atoms with Gasteiger partial charge in [0.2, 0.25) is 18.0 Å². The largest absolute Gasteiger partial charge is 0.481 e. The summed E-state index contributed by atoms with van der Waals surface area (Å²) in [7, 11) is 3.45. The van der Waals surface area contributed by atoms with E-state index in [1.165, 1.54) is 5.56 Å². The molecule has 0 aliphatic heterocycles. The molecule has 37 heavy (non-hydrogen) atoms. The Hall–Kier alpha value is -4.38. The van der Waals surface area contributed by atoms with Crippen molar-refractivity contribution in [1.29, 1.82) is 5.26 Å². The molecule has 3 N–H and O–H groups in total. The summed E-state index contributed by atoms with van der Waals surface area (Å²) < 4.78 is 5.44. The normalized spacial score (nSPS) is 19.5. The van der Waals surface area contributed by atoms with Gasteiger partial charge >= 0.3 is 0 Å². The zero-order valence-corrected chi connectivity index (χ0v) is 21.2. The molecule has 8 nitrogen and oxygen atoms in total. The summed E-state index contributed by atoms with van der Waals surface area (Å²) in [6.07, 6.45) is 6.90. The van der Waals surface area contributed by atoms with Crippen molar-refractivity contribution < 1.29 is 9.53 Å². The van der Waals surface area contributed by atoms with Crippen molar-refractivity contribution in [1.82, 2.24) is 15.2 Å². The number of carbonyl (C=O) groups is 1. The summed E-state index contributed by atoms with van der Waals surface area (Å²) in [6.45, 7) is 0.507. The molecule has 0 spiro atoms. The number of methoxy groups -OCH3 is 1. The lowest BCUT2D eigenvalue weighted by atomic mass is 9.68. The highest BCUT2D eigenvalue weighted by atomic mass is 16.5. The van der Waals surface area contributed by atoms with Gasteiger partial charge in [-0.15, -0.1) is 4.99 Å². The number of amides is 1. The maximum atomic E-state index is 13.5. The Balaban J connectivity index is 1.56. The molecule has 0 unspecified atom stereocenters. The van der Waals surface area contributed by atoms with Gasteiger partial charge in [-0.3, -0.25) is 4.79 Å². The third kappa shape index (κ3) is 5.56. The molecule has 2 aromatic carbocycles. The molecule has 0 bridgehead atoms. The Kier molecular flexibility index (Phi) is 8.04. The first-order valence-corrected chi connectivity index (χ1v) is 12.4. The van der Waals surface area contributed by atoms with Crippen LogP contribution in [0.15, 0.2) is 77.9 Å². The van der Waals surface area contributed by atoms with E-state index in [1.807, 2.05) is 66.5 Å². The van der Waals surface area contributed by atoms with E-state index in [4.69, 9.17) is 15.7 Å². The fraction of sp³-hybridized carbons (Fsp3) is 0.310. The van der Waals surface area contributed by atoms with Gasteiger partial charge in [-0.05, 0) is 55.0 Å². The quantitative estimate of drug-likeness (QED) is 0.289. The van der Waals surface area contributed by atoms with Gasteiger partial charge in [-0.2, -0.15) is 5.26 Å². The average molecular weight is 497 g/mol.